The third-order valence-electron chi connectivity index (χ3n) is 3.04. The third kappa shape index (κ3) is 1.34. The third-order valence-corrected chi connectivity index (χ3v) is 3.04. The number of fused-ring (bicyclic) bond motifs is 3. The monoisotopic (exact) mass is 252 g/mol. The predicted octanol–water partition coefficient (Wildman–Crippen LogP) is -2.02. The predicted molar refractivity (Wildman–Crippen MR) is 60.8 cm³/mol. The summed E-state index contributed by atoms with van der Waals surface area (Å²) >= 11 is 0. The minimum atomic E-state index is -0.651. The highest BCUT2D eigenvalue weighted by atomic mass is 16.5. The minimum Gasteiger partial charge on any atom is -0.455 e. The van der Waals surface area contributed by atoms with Gasteiger partial charge in [0.2, 0.25) is 0 Å². The molecule has 0 aliphatic carbocycles. The average molecular weight is 252 g/mol. The standard InChI is InChI=1S/C9H12N6O3/c10-6(17)4-7-13-3(1-16)5-8(14-9(11)18-5)15(7)2-12-4/h2-3,5,8,13,16H,1H2,(H2,10,17)(H2,11,14)/t3-,5-,8-/m1/s1. The zero-order chi connectivity index (χ0) is 12.9. The molecule has 0 bridgehead atoms. The first-order valence-electron chi connectivity index (χ1n) is 5.35. The Morgan fingerprint density at radius 2 is 2.44 bits per heavy atom. The number of nitrogens with one attached hydrogen (secondary N) is 1. The maximum absolute atomic E-state index is 11.2. The smallest absolute Gasteiger partial charge is 0.284 e. The molecule has 1 amide bonds. The Balaban J connectivity index is 2.08. The van der Waals surface area contributed by atoms with Crippen LogP contribution >= 0.6 is 0 Å². The van der Waals surface area contributed by atoms with E-state index in [4.69, 9.17) is 16.2 Å². The number of hydrogen-bond acceptors (Lipinski definition) is 7. The molecule has 3 heterocycles. The number of aliphatic hydroxyl groups is 1. The Labute approximate surface area is 101 Å². The first kappa shape index (κ1) is 10.8. The quantitative estimate of drug-likeness (QED) is 0.479. The molecule has 18 heavy (non-hydrogen) atoms. The number of anilines is 1. The van der Waals surface area contributed by atoms with Crippen molar-refractivity contribution >= 4 is 17.7 Å². The van der Waals surface area contributed by atoms with Crippen LogP contribution in [-0.4, -0.2) is 45.3 Å². The second kappa shape index (κ2) is 3.60. The van der Waals surface area contributed by atoms with Crippen LogP contribution in [0, 0.1) is 0 Å². The molecule has 1 aromatic rings. The molecule has 1 aromatic heterocycles. The van der Waals surface area contributed by atoms with E-state index >= 15 is 0 Å². The van der Waals surface area contributed by atoms with Gasteiger partial charge in [-0.1, -0.05) is 0 Å². The molecule has 9 nitrogen and oxygen atoms in total. The minimum absolute atomic E-state index is 0.0485. The lowest BCUT2D eigenvalue weighted by molar-refractivity contribution is 0.0971. The molecule has 6 N–H and O–H groups in total. The van der Waals surface area contributed by atoms with E-state index in [-0.39, 0.29) is 18.3 Å². The number of hydrogen-bond donors (Lipinski definition) is 4. The summed E-state index contributed by atoms with van der Waals surface area (Å²) in [4.78, 5) is 19.3. The summed E-state index contributed by atoms with van der Waals surface area (Å²) in [6.07, 6.45) is 0.565. The van der Waals surface area contributed by atoms with Crippen LogP contribution < -0.4 is 16.8 Å². The van der Waals surface area contributed by atoms with Crippen LogP contribution in [0.5, 0.6) is 0 Å². The highest BCUT2D eigenvalue weighted by molar-refractivity contribution is 5.96. The summed E-state index contributed by atoms with van der Waals surface area (Å²) < 4.78 is 6.96. The van der Waals surface area contributed by atoms with Gasteiger partial charge in [-0.2, -0.15) is 0 Å². The topological polar surface area (TPSA) is 141 Å². The Hall–Kier alpha value is -2.29. The molecule has 3 atom stereocenters. The molecule has 0 aromatic carbocycles. The van der Waals surface area contributed by atoms with Gasteiger partial charge in [0.05, 0.1) is 19.0 Å². The van der Waals surface area contributed by atoms with Crippen LogP contribution in [0.15, 0.2) is 11.3 Å². The van der Waals surface area contributed by atoms with Crippen LogP contribution in [0.25, 0.3) is 0 Å². The maximum atomic E-state index is 11.2. The number of nitrogens with zero attached hydrogens (tertiary/aromatic N) is 3. The second-order valence-corrected chi connectivity index (χ2v) is 4.11. The largest absolute Gasteiger partial charge is 0.455 e. The van der Waals surface area contributed by atoms with Gasteiger partial charge < -0.3 is 26.6 Å². The van der Waals surface area contributed by atoms with Gasteiger partial charge in [0.1, 0.15) is 5.82 Å². The highest BCUT2D eigenvalue weighted by Crippen LogP contribution is 2.35. The average Bonchev–Trinajstić information content (AvgIpc) is 2.89. The molecule has 0 unspecified atom stereocenters. The number of nitrogens with two attached hydrogens (primary N) is 2. The number of carbonyl (C=O) groups excluding carboxylic acids is 1. The Morgan fingerprint density at radius 3 is 3.11 bits per heavy atom. The first-order chi connectivity index (χ1) is 8.61. The summed E-state index contributed by atoms with van der Waals surface area (Å²) in [6, 6.07) is -0.380. The normalized spacial score (nSPS) is 28.7. The molecule has 96 valence electrons. The number of ether oxygens (including phenoxy) is 1. The number of aliphatic hydroxyl groups excluding tert-OH is 1. The SMILES string of the molecule is NC(=O)c1ncn2c1N[C@H](CO)[C@H]1OC(N)=N[C@@H]12. The van der Waals surface area contributed by atoms with Crippen molar-refractivity contribution in [1.82, 2.24) is 9.55 Å². The molecule has 2 aliphatic rings. The lowest BCUT2D eigenvalue weighted by Gasteiger charge is -2.33. The molecule has 0 spiro atoms. The van der Waals surface area contributed by atoms with E-state index in [1.54, 1.807) is 4.57 Å². The van der Waals surface area contributed by atoms with Crippen molar-refractivity contribution in [3.05, 3.63) is 12.0 Å². The van der Waals surface area contributed by atoms with Crippen LogP contribution in [0.2, 0.25) is 0 Å². The zero-order valence-corrected chi connectivity index (χ0v) is 9.28. The molecule has 0 fully saturated rings. The van der Waals surface area contributed by atoms with Crippen molar-refractivity contribution in [2.75, 3.05) is 11.9 Å². The van der Waals surface area contributed by atoms with Gasteiger partial charge in [-0.05, 0) is 0 Å². The molecule has 3 rings (SSSR count). The van der Waals surface area contributed by atoms with E-state index in [0.29, 0.717) is 5.82 Å². The van der Waals surface area contributed by atoms with Crippen molar-refractivity contribution in [2.45, 2.75) is 18.3 Å². The van der Waals surface area contributed by atoms with E-state index in [9.17, 15) is 9.90 Å². The van der Waals surface area contributed by atoms with Crippen molar-refractivity contribution in [2.24, 2.45) is 16.5 Å². The Bertz CT molecular complexity index is 538. The maximum Gasteiger partial charge on any atom is 0.284 e. The van der Waals surface area contributed by atoms with Crippen molar-refractivity contribution in [3.8, 4) is 0 Å². The Morgan fingerprint density at radius 1 is 1.67 bits per heavy atom. The number of rotatable bonds is 2. The molecule has 0 saturated carbocycles. The lowest BCUT2D eigenvalue weighted by Crippen LogP contribution is -2.46. The van der Waals surface area contributed by atoms with E-state index in [1.165, 1.54) is 6.33 Å². The molecule has 0 saturated heterocycles. The molecular weight excluding hydrogens is 240 g/mol. The van der Waals surface area contributed by atoms with E-state index in [1.807, 2.05) is 0 Å². The van der Waals surface area contributed by atoms with Crippen molar-refractivity contribution in [3.63, 3.8) is 0 Å². The van der Waals surface area contributed by atoms with Crippen molar-refractivity contribution in [1.29, 1.82) is 0 Å². The second-order valence-electron chi connectivity index (χ2n) is 4.11. The fraction of sp³-hybridized carbons (Fsp3) is 0.444. The van der Waals surface area contributed by atoms with Crippen molar-refractivity contribution < 1.29 is 14.6 Å². The highest BCUT2D eigenvalue weighted by Gasteiger charge is 2.43. The van der Waals surface area contributed by atoms with Crippen LogP contribution in [-0.2, 0) is 4.74 Å². The number of carbonyl (C=O) groups is 1. The molecule has 2 aliphatic heterocycles. The van der Waals surface area contributed by atoms with E-state index in [0.717, 1.165) is 0 Å². The van der Waals surface area contributed by atoms with Gasteiger partial charge in [0.15, 0.2) is 18.0 Å². The summed E-state index contributed by atoms with van der Waals surface area (Å²) in [7, 11) is 0. The summed E-state index contributed by atoms with van der Waals surface area (Å²) in [5.41, 5.74) is 10.9. The number of aromatic nitrogens is 2. The zero-order valence-electron chi connectivity index (χ0n) is 9.28. The van der Waals surface area contributed by atoms with Gasteiger partial charge in [-0.15, -0.1) is 0 Å². The fourth-order valence-corrected chi connectivity index (χ4v) is 2.24. The summed E-state index contributed by atoms with van der Waals surface area (Å²) in [5.74, 6) is -0.230. The van der Waals surface area contributed by atoms with Gasteiger partial charge in [-0.25, -0.2) is 9.98 Å². The number of amides is 1. The van der Waals surface area contributed by atoms with Crippen LogP contribution in [0.1, 0.15) is 16.7 Å². The lowest BCUT2D eigenvalue weighted by atomic mass is 10.1. The van der Waals surface area contributed by atoms with E-state index in [2.05, 4.69) is 15.3 Å². The number of amidine groups is 1. The van der Waals surface area contributed by atoms with Crippen LogP contribution in [0.3, 0.4) is 0 Å². The first-order valence-corrected chi connectivity index (χ1v) is 5.35. The van der Waals surface area contributed by atoms with Gasteiger partial charge in [-0.3, -0.25) is 9.36 Å². The van der Waals surface area contributed by atoms with E-state index < -0.39 is 24.2 Å². The summed E-state index contributed by atoms with van der Waals surface area (Å²) in [6.45, 7) is -0.187. The number of aliphatic imine (C=N–C) groups is 1. The Kier molecular flexibility index (Phi) is 2.17. The number of primary amides is 1. The molecular formula is C9H12N6O3. The van der Waals surface area contributed by atoms with Gasteiger partial charge in [0, 0.05) is 0 Å². The van der Waals surface area contributed by atoms with Gasteiger partial charge >= 0.3 is 0 Å². The number of imidazole rings is 1. The fourth-order valence-electron chi connectivity index (χ4n) is 2.24. The van der Waals surface area contributed by atoms with Gasteiger partial charge in [0.25, 0.3) is 11.9 Å². The molecule has 9 heteroatoms. The van der Waals surface area contributed by atoms with Crippen LogP contribution in [0.4, 0.5) is 5.82 Å². The summed E-state index contributed by atoms with van der Waals surface area (Å²) in [5, 5.41) is 12.3. The molecule has 0 radical (unpaired) electrons.